The molecular weight excluding hydrogens is 376 g/mol. The van der Waals surface area contributed by atoms with Gasteiger partial charge in [-0.15, -0.1) is 0 Å². The van der Waals surface area contributed by atoms with Crippen molar-refractivity contribution in [2.24, 2.45) is 0 Å². The highest BCUT2D eigenvalue weighted by Crippen LogP contribution is 2.21. The highest BCUT2D eigenvalue weighted by molar-refractivity contribution is 5.99. The van der Waals surface area contributed by atoms with E-state index in [9.17, 15) is 14.4 Å². The second-order valence-corrected chi connectivity index (χ2v) is 8.31. The molecule has 1 aromatic rings. The van der Waals surface area contributed by atoms with Crippen LogP contribution in [0.25, 0.3) is 0 Å². The number of nitrogens with zero attached hydrogens (tertiary/aromatic N) is 1. The fraction of sp³-hybridized carbons (Fsp3) is 0.571. The number of imide groups is 1. The van der Waals surface area contributed by atoms with Crippen molar-refractivity contribution < 1.29 is 28.6 Å². The smallest absolute Gasteiger partial charge is 0.410 e. The topological polar surface area (TPSA) is 94.2 Å². The van der Waals surface area contributed by atoms with Crippen molar-refractivity contribution in [3.05, 3.63) is 29.8 Å². The maximum absolute atomic E-state index is 12.5. The third kappa shape index (κ3) is 5.93. The van der Waals surface area contributed by atoms with Gasteiger partial charge in [-0.25, -0.2) is 4.79 Å². The standard InChI is InChI=1S/C21H28N2O6/c1-21(2,3)29-20(26)23-10-11-27-13-15(23)12-14-4-6-16(7-5-14)28-17-8-9-18(24)22-19(17)25/h4-7,15,17H,8-13H2,1-3H3,(H,22,24,25)/t15-,17?/m0/s1. The number of hydrogen-bond acceptors (Lipinski definition) is 6. The number of benzene rings is 1. The molecule has 8 nitrogen and oxygen atoms in total. The van der Waals surface area contributed by atoms with Gasteiger partial charge in [-0.3, -0.25) is 14.9 Å². The van der Waals surface area contributed by atoms with Crippen molar-refractivity contribution in [3.8, 4) is 5.75 Å². The van der Waals surface area contributed by atoms with E-state index in [0.717, 1.165) is 5.56 Å². The van der Waals surface area contributed by atoms with E-state index in [1.807, 2.05) is 32.9 Å². The Bertz CT molecular complexity index is 755. The number of piperidine rings is 1. The Morgan fingerprint density at radius 2 is 1.97 bits per heavy atom. The number of carbonyl (C=O) groups excluding carboxylic acids is 3. The van der Waals surface area contributed by atoms with E-state index in [-0.39, 0.29) is 24.5 Å². The highest BCUT2D eigenvalue weighted by Gasteiger charge is 2.31. The van der Waals surface area contributed by atoms with Gasteiger partial charge in [0.25, 0.3) is 5.91 Å². The summed E-state index contributed by atoms with van der Waals surface area (Å²) in [6.07, 6.45) is 0.280. The second kappa shape index (κ2) is 8.82. The molecule has 29 heavy (non-hydrogen) atoms. The molecule has 1 aromatic carbocycles. The lowest BCUT2D eigenvalue weighted by Gasteiger charge is -2.36. The molecule has 1 unspecified atom stereocenters. The number of rotatable bonds is 4. The Hall–Kier alpha value is -2.61. The molecule has 1 N–H and O–H groups in total. The molecule has 0 saturated carbocycles. The predicted octanol–water partition coefficient (Wildman–Crippen LogP) is 2.05. The third-order valence-electron chi connectivity index (χ3n) is 4.72. The molecule has 0 bridgehead atoms. The van der Waals surface area contributed by atoms with Crippen LogP contribution in [0.3, 0.4) is 0 Å². The van der Waals surface area contributed by atoms with Crippen LogP contribution in [0.2, 0.25) is 0 Å². The van der Waals surface area contributed by atoms with Crippen LogP contribution in [0.5, 0.6) is 5.75 Å². The molecule has 2 saturated heterocycles. The molecule has 158 valence electrons. The molecule has 0 aliphatic carbocycles. The first-order valence-electron chi connectivity index (χ1n) is 9.88. The molecule has 2 aliphatic rings. The van der Waals surface area contributed by atoms with E-state index < -0.39 is 17.6 Å². The van der Waals surface area contributed by atoms with Crippen LogP contribution >= 0.6 is 0 Å². The number of carbonyl (C=O) groups is 3. The normalized spacial score (nSPS) is 22.8. The van der Waals surface area contributed by atoms with Gasteiger partial charge < -0.3 is 19.1 Å². The maximum Gasteiger partial charge on any atom is 0.410 e. The van der Waals surface area contributed by atoms with Crippen LogP contribution in [0.15, 0.2) is 24.3 Å². The molecule has 2 heterocycles. The van der Waals surface area contributed by atoms with Crippen molar-refractivity contribution in [1.29, 1.82) is 0 Å². The number of amides is 3. The van der Waals surface area contributed by atoms with Gasteiger partial charge in [0, 0.05) is 19.4 Å². The molecule has 2 aliphatic heterocycles. The minimum Gasteiger partial charge on any atom is -0.481 e. The largest absolute Gasteiger partial charge is 0.481 e. The molecule has 2 atom stereocenters. The number of hydrogen-bond donors (Lipinski definition) is 1. The predicted molar refractivity (Wildman–Crippen MR) is 104 cm³/mol. The zero-order valence-corrected chi connectivity index (χ0v) is 17.1. The Morgan fingerprint density at radius 1 is 1.24 bits per heavy atom. The van der Waals surface area contributed by atoms with Gasteiger partial charge in [0.1, 0.15) is 11.4 Å². The van der Waals surface area contributed by atoms with E-state index in [1.54, 1.807) is 17.0 Å². The van der Waals surface area contributed by atoms with Gasteiger partial charge in [-0.05, 0) is 44.9 Å². The van der Waals surface area contributed by atoms with Gasteiger partial charge in [0.15, 0.2) is 6.10 Å². The van der Waals surface area contributed by atoms with Crippen LogP contribution in [-0.2, 0) is 25.5 Å². The summed E-state index contributed by atoms with van der Waals surface area (Å²) in [5.74, 6) is -0.112. The lowest BCUT2D eigenvalue weighted by atomic mass is 10.0. The fourth-order valence-corrected chi connectivity index (χ4v) is 3.31. The summed E-state index contributed by atoms with van der Waals surface area (Å²) in [5.41, 5.74) is 0.472. The Kier molecular flexibility index (Phi) is 6.42. The number of nitrogens with one attached hydrogen (secondary N) is 1. The van der Waals surface area contributed by atoms with E-state index >= 15 is 0 Å². The van der Waals surface area contributed by atoms with Crippen LogP contribution in [0, 0.1) is 0 Å². The summed E-state index contributed by atoms with van der Waals surface area (Å²) in [6, 6.07) is 7.29. The lowest BCUT2D eigenvalue weighted by molar-refractivity contribution is -0.138. The van der Waals surface area contributed by atoms with E-state index in [0.29, 0.717) is 38.3 Å². The summed E-state index contributed by atoms with van der Waals surface area (Å²) in [7, 11) is 0. The molecule has 0 aromatic heterocycles. The van der Waals surface area contributed by atoms with Gasteiger partial charge in [0.2, 0.25) is 5.91 Å². The first kappa shape index (κ1) is 21.1. The molecule has 3 rings (SSSR count). The molecule has 0 radical (unpaired) electrons. The average molecular weight is 404 g/mol. The lowest BCUT2D eigenvalue weighted by Crippen LogP contribution is -2.51. The summed E-state index contributed by atoms with van der Waals surface area (Å²) < 4.78 is 16.8. The van der Waals surface area contributed by atoms with E-state index in [2.05, 4.69) is 5.32 Å². The van der Waals surface area contributed by atoms with Crippen LogP contribution in [-0.4, -0.2) is 60.3 Å². The Balaban J connectivity index is 1.59. The van der Waals surface area contributed by atoms with Crippen molar-refractivity contribution in [3.63, 3.8) is 0 Å². The summed E-state index contributed by atoms with van der Waals surface area (Å²) in [5, 5.41) is 2.28. The summed E-state index contributed by atoms with van der Waals surface area (Å²) >= 11 is 0. The van der Waals surface area contributed by atoms with Crippen LogP contribution < -0.4 is 10.1 Å². The minimum absolute atomic E-state index is 0.111. The highest BCUT2D eigenvalue weighted by atomic mass is 16.6. The maximum atomic E-state index is 12.5. The molecule has 2 fully saturated rings. The minimum atomic E-state index is -0.659. The van der Waals surface area contributed by atoms with Crippen molar-refractivity contribution in [2.75, 3.05) is 19.8 Å². The Labute approximate surface area is 170 Å². The van der Waals surface area contributed by atoms with Crippen LogP contribution in [0.4, 0.5) is 4.79 Å². The van der Waals surface area contributed by atoms with Gasteiger partial charge in [-0.1, -0.05) is 12.1 Å². The first-order valence-corrected chi connectivity index (χ1v) is 9.88. The zero-order chi connectivity index (χ0) is 21.0. The SMILES string of the molecule is CC(C)(C)OC(=O)N1CCOC[C@@H]1Cc1ccc(OC2CCC(=O)NC2=O)cc1. The number of morpholine rings is 1. The zero-order valence-electron chi connectivity index (χ0n) is 17.1. The van der Waals surface area contributed by atoms with Crippen LogP contribution in [0.1, 0.15) is 39.2 Å². The van der Waals surface area contributed by atoms with E-state index in [1.165, 1.54) is 0 Å². The molecule has 3 amide bonds. The van der Waals surface area contributed by atoms with Crippen molar-refractivity contribution in [1.82, 2.24) is 10.2 Å². The van der Waals surface area contributed by atoms with Crippen molar-refractivity contribution in [2.45, 2.75) is 57.8 Å². The van der Waals surface area contributed by atoms with Gasteiger partial charge in [0.05, 0.1) is 19.3 Å². The first-order chi connectivity index (χ1) is 13.7. The Morgan fingerprint density at radius 3 is 2.62 bits per heavy atom. The molecule has 8 heteroatoms. The molecular formula is C21H28N2O6. The third-order valence-corrected chi connectivity index (χ3v) is 4.72. The van der Waals surface area contributed by atoms with E-state index in [4.69, 9.17) is 14.2 Å². The summed E-state index contributed by atoms with van der Waals surface area (Å²) in [4.78, 5) is 37.3. The average Bonchev–Trinajstić information content (AvgIpc) is 2.64. The fourth-order valence-electron chi connectivity index (χ4n) is 3.31. The number of ether oxygens (including phenoxy) is 3. The quantitative estimate of drug-likeness (QED) is 0.772. The van der Waals surface area contributed by atoms with Gasteiger partial charge in [-0.2, -0.15) is 0 Å². The molecule has 0 spiro atoms. The second-order valence-electron chi connectivity index (χ2n) is 8.31. The monoisotopic (exact) mass is 404 g/mol. The van der Waals surface area contributed by atoms with Crippen molar-refractivity contribution >= 4 is 17.9 Å². The summed E-state index contributed by atoms with van der Waals surface area (Å²) in [6.45, 7) is 6.99. The van der Waals surface area contributed by atoms with Gasteiger partial charge >= 0.3 is 6.09 Å².